The second-order valence-corrected chi connectivity index (χ2v) is 7.70. The van der Waals surface area contributed by atoms with Crippen LogP contribution in [0.1, 0.15) is 15.2 Å². The van der Waals surface area contributed by atoms with E-state index in [2.05, 4.69) is 0 Å². The lowest BCUT2D eigenvalue weighted by Crippen LogP contribution is -2.12. The van der Waals surface area contributed by atoms with Gasteiger partial charge < -0.3 is 8.92 Å². The standard InChI is InChI=1S/C17H14O5S2/c1-11-7-9-12(10-8-11)24(19,20)22-15-13-5-3-4-6-14(13)23-16(15)17(18)21-2/h3-10H,1-2H3. The van der Waals surface area contributed by atoms with Crippen molar-refractivity contribution in [3.63, 3.8) is 0 Å². The van der Waals surface area contributed by atoms with Crippen molar-refractivity contribution in [2.24, 2.45) is 0 Å². The fourth-order valence-corrected chi connectivity index (χ4v) is 4.25. The number of esters is 1. The zero-order chi connectivity index (χ0) is 17.3. The van der Waals surface area contributed by atoms with Crippen molar-refractivity contribution >= 4 is 37.5 Å². The van der Waals surface area contributed by atoms with Crippen molar-refractivity contribution in [2.45, 2.75) is 11.8 Å². The third-order valence-corrected chi connectivity index (χ3v) is 5.79. The monoisotopic (exact) mass is 362 g/mol. The molecule has 0 aliphatic rings. The van der Waals surface area contributed by atoms with Gasteiger partial charge in [-0.2, -0.15) is 8.42 Å². The highest BCUT2D eigenvalue weighted by Crippen LogP contribution is 2.39. The molecule has 0 N–H and O–H groups in total. The number of ether oxygens (including phenoxy) is 1. The second-order valence-electron chi connectivity index (χ2n) is 5.10. The van der Waals surface area contributed by atoms with Gasteiger partial charge in [0.25, 0.3) is 0 Å². The minimum absolute atomic E-state index is 0.00280. The fraction of sp³-hybridized carbons (Fsp3) is 0.118. The van der Waals surface area contributed by atoms with Crippen molar-refractivity contribution in [3.8, 4) is 5.75 Å². The van der Waals surface area contributed by atoms with Gasteiger partial charge in [-0.05, 0) is 31.2 Å². The smallest absolute Gasteiger partial charge is 0.351 e. The fourth-order valence-electron chi connectivity index (χ4n) is 2.19. The molecule has 0 aliphatic carbocycles. The Morgan fingerprint density at radius 1 is 1.04 bits per heavy atom. The number of thiophene rings is 1. The molecular formula is C17H14O5S2. The summed E-state index contributed by atoms with van der Waals surface area (Å²) in [6, 6.07) is 13.4. The van der Waals surface area contributed by atoms with Crippen LogP contribution >= 0.6 is 11.3 Å². The van der Waals surface area contributed by atoms with E-state index in [9.17, 15) is 13.2 Å². The first kappa shape index (κ1) is 16.5. The molecule has 124 valence electrons. The first-order chi connectivity index (χ1) is 11.4. The Hall–Kier alpha value is -2.38. The van der Waals surface area contributed by atoms with Crippen LogP contribution in [0, 0.1) is 6.92 Å². The van der Waals surface area contributed by atoms with E-state index in [1.807, 2.05) is 6.92 Å². The molecule has 0 bridgehead atoms. The van der Waals surface area contributed by atoms with Gasteiger partial charge in [-0.25, -0.2) is 4.79 Å². The van der Waals surface area contributed by atoms with Gasteiger partial charge in [-0.1, -0.05) is 29.8 Å². The number of benzene rings is 2. The van der Waals surface area contributed by atoms with E-state index in [1.54, 1.807) is 36.4 Å². The van der Waals surface area contributed by atoms with Crippen LogP contribution in [0.25, 0.3) is 10.1 Å². The number of carbonyl (C=O) groups is 1. The SMILES string of the molecule is COC(=O)c1sc2ccccc2c1OS(=O)(=O)c1ccc(C)cc1. The summed E-state index contributed by atoms with van der Waals surface area (Å²) < 4.78 is 35.9. The lowest BCUT2D eigenvalue weighted by atomic mass is 10.2. The largest absolute Gasteiger partial charge is 0.465 e. The maximum absolute atomic E-state index is 12.5. The van der Waals surface area contributed by atoms with Gasteiger partial charge in [0.2, 0.25) is 0 Å². The summed E-state index contributed by atoms with van der Waals surface area (Å²) in [7, 11) is -2.82. The lowest BCUT2D eigenvalue weighted by Gasteiger charge is -2.08. The molecule has 24 heavy (non-hydrogen) atoms. The topological polar surface area (TPSA) is 69.7 Å². The Kier molecular flexibility index (Phi) is 4.29. The molecule has 0 amide bonds. The third-order valence-electron chi connectivity index (χ3n) is 3.42. The van der Waals surface area contributed by atoms with E-state index in [1.165, 1.54) is 19.2 Å². The highest BCUT2D eigenvalue weighted by atomic mass is 32.2. The van der Waals surface area contributed by atoms with Crippen molar-refractivity contribution in [3.05, 3.63) is 59.0 Å². The summed E-state index contributed by atoms with van der Waals surface area (Å²) in [5, 5.41) is 0.554. The first-order valence-corrected chi connectivity index (χ1v) is 9.26. The van der Waals surface area contributed by atoms with Gasteiger partial charge in [0.15, 0.2) is 10.6 Å². The van der Waals surface area contributed by atoms with Crippen LogP contribution in [0.5, 0.6) is 5.75 Å². The Morgan fingerprint density at radius 3 is 2.38 bits per heavy atom. The van der Waals surface area contributed by atoms with Crippen LogP contribution < -0.4 is 4.18 Å². The van der Waals surface area contributed by atoms with E-state index < -0.39 is 16.1 Å². The lowest BCUT2D eigenvalue weighted by molar-refractivity contribution is 0.0605. The van der Waals surface area contributed by atoms with Crippen LogP contribution in [0.15, 0.2) is 53.4 Å². The Morgan fingerprint density at radius 2 is 1.71 bits per heavy atom. The van der Waals surface area contributed by atoms with E-state index in [0.29, 0.717) is 5.39 Å². The highest BCUT2D eigenvalue weighted by molar-refractivity contribution is 7.87. The van der Waals surface area contributed by atoms with Crippen LogP contribution in [0.4, 0.5) is 0 Å². The molecule has 0 saturated carbocycles. The summed E-state index contributed by atoms with van der Waals surface area (Å²) in [5.41, 5.74) is 0.935. The minimum atomic E-state index is -4.06. The van der Waals surface area contributed by atoms with Gasteiger partial charge in [0.1, 0.15) is 4.90 Å². The van der Waals surface area contributed by atoms with E-state index in [-0.39, 0.29) is 15.5 Å². The molecule has 0 spiro atoms. The van der Waals surface area contributed by atoms with E-state index in [4.69, 9.17) is 8.92 Å². The predicted molar refractivity (Wildman–Crippen MR) is 92.2 cm³/mol. The summed E-state index contributed by atoms with van der Waals surface area (Å²) >= 11 is 1.13. The van der Waals surface area contributed by atoms with Crippen LogP contribution in [-0.2, 0) is 14.9 Å². The minimum Gasteiger partial charge on any atom is -0.465 e. The van der Waals surface area contributed by atoms with Gasteiger partial charge in [0, 0.05) is 10.1 Å². The molecule has 0 saturated heterocycles. The van der Waals surface area contributed by atoms with Gasteiger partial charge in [-0.15, -0.1) is 11.3 Å². The molecule has 0 aliphatic heterocycles. The van der Waals surface area contributed by atoms with Crippen molar-refractivity contribution in [1.82, 2.24) is 0 Å². The maximum atomic E-state index is 12.5. The van der Waals surface area contributed by atoms with Crippen molar-refractivity contribution in [2.75, 3.05) is 7.11 Å². The van der Waals surface area contributed by atoms with Crippen LogP contribution in [0.3, 0.4) is 0 Å². The molecule has 5 nitrogen and oxygen atoms in total. The number of hydrogen-bond donors (Lipinski definition) is 0. The first-order valence-electron chi connectivity index (χ1n) is 7.03. The molecular weight excluding hydrogens is 348 g/mol. The molecule has 0 unspecified atom stereocenters. The van der Waals surface area contributed by atoms with E-state index >= 15 is 0 Å². The van der Waals surface area contributed by atoms with Crippen LogP contribution in [-0.4, -0.2) is 21.5 Å². The van der Waals surface area contributed by atoms with Crippen LogP contribution in [0.2, 0.25) is 0 Å². The average Bonchev–Trinajstić information content (AvgIpc) is 2.93. The Balaban J connectivity index is 2.11. The normalized spacial score (nSPS) is 11.4. The van der Waals surface area contributed by atoms with Gasteiger partial charge >= 0.3 is 16.1 Å². The average molecular weight is 362 g/mol. The Labute approximate surface area is 143 Å². The Bertz CT molecular complexity index is 1000. The molecule has 2 aromatic carbocycles. The quantitative estimate of drug-likeness (QED) is 0.522. The maximum Gasteiger partial charge on any atom is 0.351 e. The third kappa shape index (κ3) is 3.00. The molecule has 3 aromatic rings. The molecule has 1 heterocycles. The number of hydrogen-bond acceptors (Lipinski definition) is 6. The number of fused-ring (bicyclic) bond motifs is 1. The summed E-state index contributed by atoms with van der Waals surface area (Å²) in [5.74, 6) is -0.631. The molecule has 1 aromatic heterocycles. The molecule has 7 heteroatoms. The highest BCUT2D eigenvalue weighted by Gasteiger charge is 2.26. The van der Waals surface area contributed by atoms with Gasteiger partial charge in [-0.3, -0.25) is 0 Å². The summed E-state index contributed by atoms with van der Waals surface area (Å²) in [6.07, 6.45) is 0. The number of carbonyl (C=O) groups excluding carboxylic acids is 1. The van der Waals surface area contributed by atoms with Crippen molar-refractivity contribution in [1.29, 1.82) is 0 Å². The zero-order valence-corrected chi connectivity index (χ0v) is 14.6. The zero-order valence-electron chi connectivity index (χ0n) is 13.0. The summed E-state index contributed by atoms with van der Waals surface area (Å²) in [6.45, 7) is 1.86. The van der Waals surface area contributed by atoms with Crippen molar-refractivity contribution < 1.29 is 22.1 Å². The van der Waals surface area contributed by atoms with E-state index in [0.717, 1.165) is 21.6 Å². The van der Waals surface area contributed by atoms with Gasteiger partial charge in [0.05, 0.1) is 7.11 Å². The predicted octanol–water partition coefficient (Wildman–Crippen LogP) is 3.76. The second kappa shape index (κ2) is 6.26. The number of rotatable bonds is 4. The molecule has 0 radical (unpaired) electrons. The number of aryl methyl sites for hydroxylation is 1. The number of methoxy groups -OCH3 is 1. The molecule has 0 fully saturated rings. The summed E-state index contributed by atoms with van der Waals surface area (Å²) in [4.78, 5) is 12.1. The molecule has 3 rings (SSSR count). The molecule has 0 atom stereocenters.